The Morgan fingerprint density at radius 2 is 2.06 bits per heavy atom. The van der Waals surface area contributed by atoms with Crippen LogP contribution in [0.5, 0.6) is 0 Å². The van der Waals surface area contributed by atoms with Gasteiger partial charge in [-0.05, 0) is 18.6 Å². The van der Waals surface area contributed by atoms with Crippen LogP contribution in [0.1, 0.15) is 19.2 Å². The van der Waals surface area contributed by atoms with Crippen LogP contribution < -0.4 is 0 Å². The Balaban J connectivity index is 2.26. The van der Waals surface area contributed by atoms with Crippen molar-refractivity contribution in [2.24, 2.45) is 0 Å². The van der Waals surface area contributed by atoms with Gasteiger partial charge in [-0.1, -0.05) is 42.4 Å². The molecule has 0 saturated carbocycles. The Hall–Kier alpha value is -1.13. The van der Waals surface area contributed by atoms with Crippen molar-refractivity contribution in [1.29, 1.82) is 0 Å². The van der Waals surface area contributed by atoms with E-state index >= 15 is 0 Å². The summed E-state index contributed by atoms with van der Waals surface area (Å²) in [5, 5.41) is 1.07. The minimum absolute atomic E-state index is 0.255. The fourth-order valence-electron chi connectivity index (χ4n) is 1.47. The molecule has 1 aromatic heterocycles. The monoisotopic (exact) mass is 282 g/mol. The molecule has 0 saturated heterocycles. The van der Waals surface area contributed by atoms with Crippen LogP contribution in [0, 0.1) is 5.82 Å². The molecule has 0 amide bonds. The number of hydrogen-bond donors (Lipinski definition) is 0. The molecule has 0 N–H and O–H groups in total. The maximum Gasteiger partial charge on any atom is 0.137 e. The molecule has 2 aromatic rings. The predicted octanol–water partition coefficient (Wildman–Crippen LogP) is 4.37. The first-order valence-electron chi connectivity index (χ1n) is 5.65. The molecule has 5 heteroatoms. The molecule has 1 heterocycles. The molecule has 0 atom stereocenters. The van der Waals surface area contributed by atoms with E-state index in [9.17, 15) is 4.39 Å². The molecule has 18 heavy (non-hydrogen) atoms. The lowest BCUT2D eigenvalue weighted by Crippen LogP contribution is -1.96. The van der Waals surface area contributed by atoms with E-state index in [1.165, 1.54) is 17.8 Å². The van der Waals surface area contributed by atoms with Gasteiger partial charge < -0.3 is 0 Å². The van der Waals surface area contributed by atoms with Gasteiger partial charge in [-0.2, -0.15) is 0 Å². The van der Waals surface area contributed by atoms with E-state index in [1.54, 1.807) is 24.3 Å². The third-order valence-corrected chi connectivity index (χ3v) is 3.41. The fourth-order valence-corrected chi connectivity index (χ4v) is 2.59. The normalized spacial score (nSPS) is 10.6. The summed E-state index contributed by atoms with van der Waals surface area (Å²) in [4.78, 5) is 9.03. The van der Waals surface area contributed by atoms with Gasteiger partial charge >= 0.3 is 0 Å². The van der Waals surface area contributed by atoms with Crippen LogP contribution in [0.15, 0.2) is 40.3 Å². The van der Waals surface area contributed by atoms with Crippen molar-refractivity contribution in [3.05, 3.63) is 47.1 Å². The first-order valence-corrected chi connectivity index (χ1v) is 6.84. The second kappa shape index (κ2) is 6.16. The third kappa shape index (κ3) is 3.43. The van der Waals surface area contributed by atoms with Gasteiger partial charge in [0.2, 0.25) is 0 Å². The van der Waals surface area contributed by atoms with E-state index in [2.05, 4.69) is 9.97 Å². The molecular formula is C13H12ClFN2S. The van der Waals surface area contributed by atoms with Crippen molar-refractivity contribution in [2.75, 3.05) is 0 Å². The number of aromatic nitrogens is 2. The van der Waals surface area contributed by atoms with Crippen LogP contribution in [0.2, 0.25) is 5.15 Å². The molecule has 2 rings (SSSR count). The second-order valence-electron chi connectivity index (χ2n) is 3.73. The van der Waals surface area contributed by atoms with Crippen molar-refractivity contribution in [1.82, 2.24) is 9.97 Å². The van der Waals surface area contributed by atoms with Crippen molar-refractivity contribution in [3.8, 4) is 0 Å². The summed E-state index contributed by atoms with van der Waals surface area (Å²) in [6, 6.07) is 8.25. The van der Waals surface area contributed by atoms with Gasteiger partial charge in [0.25, 0.3) is 0 Å². The van der Waals surface area contributed by atoms with Gasteiger partial charge in [-0.25, -0.2) is 14.4 Å². The molecule has 0 aliphatic heterocycles. The summed E-state index contributed by atoms with van der Waals surface area (Å²) >= 11 is 7.19. The Labute approximate surface area is 115 Å². The average Bonchev–Trinajstić information content (AvgIpc) is 2.32. The average molecular weight is 283 g/mol. The highest BCUT2D eigenvalue weighted by molar-refractivity contribution is 7.99. The van der Waals surface area contributed by atoms with Crippen LogP contribution in [-0.4, -0.2) is 9.97 Å². The van der Waals surface area contributed by atoms with Crippen molar-refractivity contribution in [2.45, 2.75) is 29.7 Å². The first kappa shape index (κ1) is 13.3. The molecule has 1 aromatic carbocycles. The van der Waals surface area contributed by atoms with Crippen molar-refractivity contribution < 1.29 is 4.39 Å². The van der Waals surface area contributed by atoms with E-state index in [1.807, 2.05) is 6.92 Å². The molecule has 0 radical (unpaired) electrons. The molecule has 2 nitrogen and oxygen atoms in total. The molecule has 0 aliphatic rings. The molecule has 0 fully saturated rings. The highest BCUT2D eigenvalue weighted by Crippen LogP contribution is 2.29. The highest BCUT2D eigenvalue weighted by atomic mass is 35.5. The zero-order valence-electron chi connectivity index (χ0n) is 9.86. The van der Waals surface area contributed by atoms with Crippen molar-refractivity contribution >= 4 is 23.4 Å². The van der Waals surface area contributed by atoms with E-state index in [0.717, 1.165) is 12.8 Å². The largest absolute Gasteiger partial charge is 0.226 e. The predicted molar refractivity (Wildman–Crippen MR) is 71.6 cm³/mol. The van der Waals surface area contributed by atoms with Crippen LogP contribution in [0.3, 0.4) is 0 Å². The Kier molecular flexibility index (Phi) is 4.55. The zero-order chi connectivity index (χ0) is 13.0. The number of rotatable bonds is 4. The Bertz CT molecular complexity index is 548. The summed E-state index contributed by atoms with van der Waals surface area (Å²) in [7, 11) is 0. The van der Waals surface area contributed by atoms with Gasteiger partial charge in [0.1, 0.15) is 21.8 Å². The van der Waals surface area contributed by atoms with Crippen LogP contribution in [0.25, 0.3) is 0 Å². The Morgan fingerprint density at radius 1 is 1.28 bits per heavy atom. The number of benzene rings is 1. The number of halogens is 2. The molecule has 0 spiro atoms. The van der Waals surface area contributed by atoms with E-state index in [-0.39, 0.29) is 5.82 Å². The second-order valence-corrected chi connectivity index (χ2v) is 5.18. The lowest BCUT2D eigenvalue weighted by Gasteiger charge is -2.05. The van der Waals surface area contributed by atoms with Gasteiger partial charge in [-0.3, -0.25) is 0 Å². The SMILES string of the molecule is CCCc1nc(Cl)cc(Sc2ccccc2F)n1. The molecule has 94 valence electrons. The highest BCUT2D eigenvalue weighted by Gasteiger charge is 2.07. The minimum atomic E-state index is -0.255. The van der Waals surface area contributed by atoms with Crippen LogP contribution >= 0.6 is 23.4 Å². The molecule has 0 aliphatic carbocycles. The van der Waals surface area contributed by atoms with E-state index in [4.69, 9.17) is 11.6 Å². The zero-order valence-corrected chi connectivity index (χ0v) is 11.4. The van der Waals surface area contributed by atoms with Crippen LogP contribution in [-0.2, 0) is 6.42 Å². The van der Waals surface area contributed by atoms with Gasteiger partial charge in [0.15, 0.2) is 0 Å². The fraction of sp³-hybridized carbons (Fsp3) is 0.231. The summed E-state index contributed by atoms with van der Waals surface area (Å²) < 4.78 is 13.5. The van der Waals surface area contributed by atoms with E-state index in [0.29, 0.717) is 20.9 Å². The topological polar surface area (TPSA) is 25.8 Å². The number of hydrogen-bond acceptors (Lipinski definition) is 3. The molecular weight excluding hydrogens is 271 g/mol. The summed E-state index contributed by atoms with van der Waals surface area (Å²) in [5.41, 5.74) is 0. The molecule has 0 unspecified atom stereocenters. The minimum Gasteiger partial charge on any atom is -0.226 e. The third-order valence-electron chi connectivity index (χ3n) is 2.24. The smallest absolute Gasteiger partial charge is 0.137 e. The van der Waals surface area contributed by atoms with Crippen molar-refractivity contribution in [3.63, 3.8) is 0 Å². The first-order chi connectivity index (χ1) is 8.69. The Morgan fingerprint density at radius 3 is 2.78 bits per heavy atom. The van der Waals surface area contributed by atoms with Gasteiger partial charge in [0.05, 0.1) is 0 Å². The summed E-state index contributed by atoms with van der Waals surface area (Å²) in [6.45, 7) is 2.05. The number of aryl methyl sites for hydroxylation is 1. The summed E-state index contributed by atoms with van der Waals surface area (Å²) in [5.74, 6) is 0.443. The lowest BCUT2D eigenvalue weighted by atomic mass is 10.3. The number of nitrogens with zero attached hydrogens (tertiary/aromatic N) is 2. The lowest BCUT2D eigenvalue weighted by molar-refractivity contribution is 0.602. The summed E-state index contributed by atoms with van der Waals surface area (Å²) in [6.07, 6.45) is 1.72. The van der Waals surface area contributed by atoms with Gasteiger partial charge in [-0.15, -0.1) is 0 Å². The van der Waals surface area contributed by atoms with E-state index < -0.39 is 0 Å². The van der Waals surface area contributed by atoms with Gasteiger partial charge in [0, 0.05) is 17.4 Å². The van der Waals surface area contributed by atoms with Crippen LogP contribution in [0.4, 0.5) is 4.39 Å². The standard InChI is InChI=1S/C13H12ClFN2S/c1-2-5-12-16-11(14)8-13(17-12)18-10-7-4-3-6-9(10)15/h3-4,6-8H,2,5H2,1H3. The maximum absolute atomic E-state index is 13.5. The molecule has 0 bridgehead atoms. The maximum atomic E-state index is 13.5. The quantitative estimate of drug-likeness (QED) is 0.779.